The molecule has 1 rings (SSSR count). The number of rotatable bonds is 5. The molecule has 0 amide bonds. The zero-order valence-corrected chi connectivity index (χ0v) is 10.2. The maximum Gasteiger partial charge on any atom is 0.159 e. The minimum absolute atomic E-state index is 0.00284. The van der Waals surface area contributed by atoms with E-state index in [9.17, 15) is 13.6 Å². The van der Waals surface area contributed by atoms with Crippen LogP contribution in [0.2, 0.25) is 0 Å². The Hall–Kier alpha value is -1.29. The number of halogens is 2. The van der Waals surface area contributed by atoms with Crippen LogP contribution in [0.3, 0.4) is 0 Å². The lowest BCUT2D eigenvalue weighted by atomic mass is 9.91. The quantitative estimate of drug-likeness (QED) is 0.793. The monoisotopic (exact) mass is 242 g/mol. The normalized spacial score (nSPS) is 14.4. The first-order valence-corrected chi connectivity index (χ1v) is 5.35. The van der Waals surface area contributed by atoms with Gasteiger partial charge in [0.1, 0.15) is 5.78 Å². The van der Waals surface area contributed by atoms with Crippen molar-refractivity contribution in [1.82, 2.24) is 0 Å². The van der Waals surface area contributed by atoms with E-state index < -0.39 is 17.2 Å². The standard InChI is InChI=1S/C13H16F2O2/c1-9(16)7-13(2,17-3)8-10-4-5-11(14)12(15)6-10/h4-6H,7-8H2,1-3H3/t13-/m1/s1. The van der Waals surface area contributed by atoms with Gasteiger partial charge in [0.15, 0.2) is 11.6 Å². The molecule has 0 unspecified atom stereocenters. The second-order valence-corrected chi connectivity index (χ2v) is 4.46. The molecule has 0 aromatic heterocycles. The fourth-order valence-corrected chi connectivity index (χ4v) is 1.81. The van der Waals surface area contributed by atoms with Gasteiger partial charge in [0.2, 0.25) is 0 Å². The molecule has 0 spiro atoms. The third-order valence-corrected chi connectivity index (χ3v) is 2.68. The van der Waals surface area contributed by atoms with E-state index in [2.05, 4.69) is 0 Å². The number of hydrogen-bond acceptors (Lipinski definition) is 2. The van der Waals surface area contributed by atoms with E-state index in [4.69, 9.17) is 4.74 Å². The van der Waals surface area contributed by atoms with Gasteiger partial charge in [0.25, 0.3) is 0 Å². The van der Waals surface area contributed by atoms with Crippen LogP contribution in [0.25, 0.3) is 0 Å². The summed E-state index contributed by atoms with van der Waals surface area (Å²) in [6.45, 7) is 3.25. The van der Waals surface area contributed by atoms with Gasteiger partial charge in [-0.05, 0) is 31.5 Å². The molecule has 0 saturated heterocycles. The van der Waals surface area contributed by atoms with Crippen LogP contribution in [0.1, 0.15) is 25.8 Å². The highest BCUT2D eigenvalue weighted by molar-refractivity contribution is 5.76. The Morgan fingerprint density at radius 2 is 2.00 bits per heavy atom. The molecule has 1 aromatic rings. The number of carbonyl (C=O) groups is 1. The smallest absolute Gasteiger partial charge is 0.159 e. The fraction of sp³-hybridized carbons (Fsp3) is 0.462. The van der Waals surface area contributed by atoms with Crippen LogP contribution >= 0.6 is 0 Å². The predicted molar refractivity (Wildman–Crippen MR) is 60.8 cm³/mol. The predicted octanol–water partition coefficient (Wildman–Crippen LogP) is 2.89. The molecule has 1 atom stereocenters. The highest BCUT2D eigenvalue weighted by Crippen LogP contribution is 2.22. The molecule has 0 aliphatic heterocycles. The molecule has 1 aromatic carbocycles. The highest BCUT2D eigenvalue weighted by atomic mass is 19.2. The molecular formula is C13H16F2O2. The Kier molecular flexibility index (Phi) is 4.34. The van der Waals surface area contributed by atoms with E-state index in [0.717, 1.165) is 12.1 Å². The summed E-state index contributed by atoms with van der Waals surface area (Å²) >= 11 is 0. The first-order valence-electron chi connectivity index (χ1n) is 5.35. The van der Waals surface area contributed by atoms with Crippen molar-refractivity contribution in [3.63, 3.8) is 0 Å². The van der Waals surface area contributed by atoms with E-state index in [1.54, 1.807) is 6.92 Å². The van der Waals surface area contributed by atoms with Crippen molar-refractivity contribution in [2.24, 2.45) is 0 Å². The van der Waals surface area contributed by atoms with Gasteiger partial charge in [0, 0.05) is 20.0 Å². The lowest BCUT2D eigenvalue weighted by Gasteiger charge is -2.27. The van der Waals surface area contributed by atoms with Crippen molar-refractivity contribution < 1.29 is 18.3 Å². The number of methoxy groups -OCH3 is 1. The number of benzene rings is 1. The second kappa shape index (κ2) is 5.36. The van der Waals surface area contributed by atoms with Gasteiger partial charge in [-0.2, -0.15) is 0 Å². The summed E-state index contributed by atoms with van der Waals surface area (Å²) in [6.07, 6.45) is 0.600. The molecule has 0 heterocycles. The number of hydrogen-bond donors (Lipinski definition) is 0. The number of carbonyl (C=O) groups excluding carboxylic acids is 1. The van der Waals surface area contributed by atoms with Crippen LogP contribution in [0.15, 0.2) is 18.2 Å². The van der Waals surface area contributed by atoms with Gasteiger partial charge in [-0.25, -0.2) is 8.78 Å². The van der Waals surface area contributed by atoms with Crippen LogP contribution in [-0.2, 0) is 16.0 Å². The average Bonchev–Trinajstić information content (AvgIpc) is 2.22. The number of Topliss-reactive ketones (excluding diaryl/α,β-unsaturated/α-hetero) is 1. The van der Waals surface area contributed by atoms with Gasteiger partial charge < -0.3 is 4.74 Å². The fourth-order valence-electron chi connectivity index (χ4n) is 1.81. The van der Waals surface area contributed by atoms with Crippen LogP contribution in [0, 0.1) is 11.6 Å². The van der Waals surface area contributed by atoms with E-state index in [0.29, 0.717) is 12.0 Å². The number of ether oxygens (including phenoxy) is 1. The molecule has 2 nitrogen and oxygen atoms in total. The van der Waals surface area contributed by atoms with Crippen LogP contribution in [0.4, 0.5) is 8.78 Å². The zero-order valence-electron chi connectivity index (χ0n) is 10.2. The molecule has 4 heteroatoms. The lowest BCUT2D eigenvalue weighted by molar-refractivity contribution is -0.122. The van der Waals surface area contributed by atoms with Gasteiger partial charge in [-0.3, -0.25) is 4.79 Å². The third kappa shape index (κ3) is 3.89. The van der Waals surface area contributed by atoms with Gasteiger partial charge in [0.05, 0.1) is 5.60 Å². The van der Waals surface area contributed by atoms with Gasteiger partial charge >= 0.3 is 0 Å². The van der Waals surface area contributed by atoms with Crippen molar-refractivity contribution in [1.29, 1.82) is 0 Å². The zero-order chi connectivity index (χ0) is 13.1. The van der Waals surface area contributed by atoms with Crippen molar-refractivity contribution in [2.75, 3.05) is 7.11 Å². The molecule has 0 fully saturated rings. The Labute approximate surface area is 99.6 Å². The topological polar surface area (TPSA) is 26.3 Å². The van der Waals surface area contributed by atoms with E-state index >= 15 is 0 Å². The minimum Gasteiger partial charge on any atom is -0.378 e. The van der Waals surface area contributed by atoms with Crippen LogP contribution < -0.4 is 0 Å². The molecule has 0 bridgehead atoms. The van der Waals surface area contributed by atoms with Crippen molar-refractivity contribution in [3.8, 4) is 0 Å². The van der Waals surface area contributed by atoms with E-state index in [1.807, 2.05) is 0 Å². The summed E-state index contributed by atoms with van der Waals surface area (Å²) in [7, 11) is 1.50. The molecule has 0 aliphatic carbocycles. The van der Waals surface area contributed by atoms with E-state index in [1.165, 1.54) is 20.1 Å². The molecule has 0 radical (unpaired) electrons. The Balaban J connectivity index is 2.86. The highest BCUT2D eigenvalue weighted by Gasteiger charge is 2.26. The van der Waals surface area contributed by atoms with Crippen molar-refractivity contribution in [2.45, 2.75) is 32.3 Å². The minimum atomic E-state index is -0.885. The molecule has 17 heavy (non-hydrogen) atoms. The average molecular weight is 242 g/mol. The summed E-state index contributed by atoms with van der Waals surface area (Å²) < 4.78 is 31.1. The Morgan fingerprint density at radius 1 is 1.35 bits per heavy atom. The maximum absolute atomic E-state index is 13.0. The van der Waals surface area contributed by atoms with Crippen LogP contribution in [-0.4, -0.2) is 18.5 Å². The third-order valence-electron chi connectivity index (χ3n) is 2.68. The first kappa shape index (κ1) is 13.8. The van der Waals surface area contributed by atoms with Gasteiger partial charge in [-0.1, -0.05) is 6.07 Å². The summed E-state index contributed by atoms with van der Waals surface area (Å²) in [5.41, 5.74) is -0.0784. The van der Waals surface area contributed by atoms with Crippen molar-refractivity contribution in [3.05, 3.63) is 35.4 Å². The summed E-state index contributed by atoms with van der Waals surface area (Å²) in [5.74, 6) is -1.76. The maximum atomic E-state index is 13.0. The second-order valence-electron chi connectivity index (χ2n) is 4.46. The molecule has 94 valence electrons. The first-order chi connectivity index (χ1) is 7.86. The summed E-state index contributed by atoms with van der Waals surface area (Å²) in [4.78, 5) is 11.1. The lowest BCUT2D eigenvalue weighted by Crippen LogP contribution is -2.32. The Bertz CT molecular complexity index is 418. The molecule has 0 saturated carbocycles. The molecule has 0 aliphatic rings. The largest absolute Gasteiger partial charge is 0.378 e. The summed E-state index contributed by atoms with van der Waals surface area (Å²) in [6, 6.07) is 3.71. The van der Waals surface area contributed by atoms with Gasteiger partial charge in [-0.15, -0.1) is 0 Å². The number of ketones is 1. The molecular weight excluding hydrogens is 226 g/mol. The van der Waals surface area contributed by atoms with E-state index in [-0.39, 0.29) is 12.2 Å². The molecule has 0 N–H and O–H groups in total. The summed E-state index contributed by atoms with van der Waals surface area (Å²) in [5, 5.41) is 0. The Morgan fingerprint density at radius 3 is 2.47 bits per heavy atom. The SMILES string of the molecule is CO[C@](C)(CC(C)=O)Cc1ccc(F)c(F)c1. The van der Waals surface area contributed by atoms with Crippen molar-refractivity contribution >= 4 is 5.78 Å². The van der Waals surface area contributed by atoms with Crippen LogP contribution in [0.5, 0.6) is 0 Å².